The molecule has 1 fully saturated rings. The lowest BCUT2D eigenvalue weighted by molar-refractivity contribution is -0.384. The van der Waals surface area contributed by atoms with Crippen molar-refractivity contribution < 1.29 is 9.72 Å². The molecule has 2 aromatic carbocycles. The summed E-state index contributed by atoms with van der Waals surface area (Å²) in [5.41, 5.74) is 1.21. The van der Waals surface area contributed by atoms with Gasteiger partial charge in [0.05, 0.1) is 15.6 Å². The zero-order chi connectivity index (χ0) is 18.7. The summed E-state index contributed by atoms with van der Waals surface area (Å²) in [5.74, 6) is 0.200. The molecule has 2 aromatic rings. The van der Waals surface area contributed by atoms with Crippen molar-refractivity contribution in [3.63, 3.8) is 0 Å². The summed E-state index contributed by atoms with van der Waals surface area (Å²) in [6.45, 7) is 3.76. The van der Waals surface area contributed by atoms with Gasteiger partial charge in [-0.15, -0.1) is 0 Å². The molecule has 0 aromatic heterocycles. The maximum Gasteiger partial charge on any atom is 0.293 e. The third-order valence-corrected chi connectivity index (χ3v) is 5.01. The number of nitrogens with one attached hydrogen (secondary N) is 1. The third kappa shape index (κ3) is 3.96. The SMILES string of the molecule is CC1CCN(c2ccc(C(=O)Nc3ccccc3Cl)cc2[N+](=O)[O-])CC1. The first kappa shape index (κ1) is 18.2. The average molecular weight is 374 g/mol. The van der Waals surface area contributed by atoms with Crippen LogP contribution in [0.5, 0.6) is 0 Å². The molecule has 7 heteroatoms. The lowest BCUT2D eigenvalue weighted by Gasteiger charge is -2.31. The van der Waals surface area contributed by atoms with Crippen molar-refractivity contribution in [3.8, 4) is 0 Å². The summed E-state index contributed by atoms with van der Waals surface area (Å²) in [5, 5.41) is 14.6. The quantitative estimate of drug-likeness (QED) is 0.620. The summed E-state index contributed by atoms with van der Waals surface area (Å²) in [4.78, 5) is 25.6. The van der Waals surface area contributed by atoms with Crippen molar-refractivity contribution in [2.75, 3.05) is 23.3 Å². The van der Waals surface area contributed by atoms with E-state index in [4.69, 9.17) is 11.6 Å². The highest BCUT2D eigenvalue weighted by Gasteiger charge is 2.24. The Labute approximate surface area is 156 Å². The number of piperidine rings is 1. The Kier molecular flexibility index (Phi) is 5.42. The number of carbonyl (C=O) groups is 1. The Balaban J connectivity index is 1.85. The van der Waals surface area contributed by atoms with Gasteiger partial charge in [-0.1, -0.05) is 30.7 Å². The van der Waals surface area contributed by atoms with Crippen molar-refractivity contribution in [2.24, 2.45) is 5.92 Å². The number of anilines is 2. The molecule has 1 heterocycles. The molecule has 26 heavy (non-hydrogen) atoms. The first-order valence-corrected chi connectivity index (χ1v) is 8.93. The molecule has 1 amide bonds. The Morgan fingerprint density at radius 2 is 1.92 bits per heavy atom. The number of halogens is 1. The number of para-hydroxylation sites is 1. The number of nitro benzene ring substituents is 1. The van der Waals surface area contributed by atoms with E-state index in [2.05, 4.69) is 12.2 Å². The lowest BCUT2D eigenvalue weighted by Crippen LogP contribution is -2.33. The normalized spacial score (nSPS) is 14.9. The topological polar surface area (TPSA) is 75.5 Å². The van der Waals surface area contributed by atoms with Crippen molar-refractivity contribution >= 4 is 34.6 Å². The van der Waals surface area contributed by atoms with E-state index < -0.39 is 10.8 Å². The number of amides is 1. The van der Waals surface area contributed by atoms with Gasteiger partial charge in [-0.3, -0.25) is 14.9 Å². The van der Waals surface area contributed by atoms with E-state index in [0.717, 1.165) is 25.9 Å². The van der Waals surface area contributed by atoms with Gasteiger partial charge in [-0.05, 0) is 43.0 Å². The molecule has 0 atom stereocenters. The van der Waals surface area contributed by atoms with Crippen LogP contribution in [0.3, 0.4) is 0 Å². The van der Waals surface area contributed by atoms with E-state index in [1.165, 1.54) is 6.07 Å². The van der Waals surface area contributed by atoms with Crippen LogP contribution in [0.15, 0.2) is 42.5 Å². The van der Waals surface area contributed by atoms with E-state index >= 15 is 0 Å². The number of rotatable bonds is 4. The van der Waals surface area contributed by atoms with Gasteiger partial charge in [0, 0.05) is 24.7 Å². The highest BCUT2D eigenvalue weighted by Crippen LogP contribution is 2.32. The molecule has 0 unspecified atom stereocenters. The molecule has 0 radical (unpaired) electrons. The summed E-state index contributed by atoms with van der Waals surface area (Å²) in [6, 6.07) is 11.5. The number of nitrogens with zero attached hydrogens (tertiary/aromatic N) is 2. The first-order valence-electron chi connectivity index (χ1n) is 8.55. The van der Waals surface area contributed by atoms with Gasteiger partial charge in [0.25, 0.3) is 11.6 Å². The van der Waals surface area contributed by atoms with Crippen LogP contribution in [0.2, 0.25) is 5.02 Å². The summed E-state index contributed by atoms with van der Waals surface area (Å²) in [7, 11) is 0. The molecule has 1 aliphatic rings. The fraction of sp³-hybridized carbons (Fsp3) is 0.316. The Hall–Kier alpha value is -2.60. The average Bonchev–Trinajstić information content (AvgIpc) is 2.63. The highest BCUT2D eigenvalue weighted by molar-refractivity contribution is 6.33. The minimum atomic E-state index is -0.431. The van der Waals surface area contributed by atoms with E-state index in [9.17, 15) is 14.9 Å². The molecule has 3 rings (SSSR count). The van der Waals surface area contributed by atoms with Crippen molar-refractivity contribution in [1.82, 2.24) is 0 Å². The predicted octanol–water partition coefficient (Wildman–Crippen LogP) is 4.74. The molecular formula is C19H20ClN3O3. The van der Waals surface area contributed by atoms with Crippen molar-refractivity contribution in [1.29, 1.82) is 0 Å². The molecule has 0 saturated carbocycles. The summed E-state index contributed by atoms with van der Waals surface area (Å²) in [6.07, 6.45) is 2.01. The van der Waals surface area contributed by atoms with Crippen LogP contribution in [-0.2, 0) is 0 Å². The molecule has 1 aliphatic heterocycles. The molecule has 1 N–H and O–H groups in total. The van der Waals surface area contributed by atoms with Crippen molar-refractivity contribution in [3.05, 3.63) is 63.2 Å². The van der Waals surface area contributed by atoms with E-state index in [-0.39, 0.29) is 11.3 Å². The molecule has 0 bridgehead atoms. The Morgan fingerprint density at radius 3 is 2.58 bits per heavy atom. The number of hydrogen-bond acceptors (Lipinski definition) is 4. The summed E-state index contributed by atoms with van der Waals surface area (Å²) < 4.78 is 0. The number of benzene rings is 2. The number of hydrogen-bond donors (Lipinski definition) is 1. The van der Waals surface area contributed by atoms with Gasteiger partial charge in [-0.2, -0.15) is 0 Å². The number of carbonyl (C=O) groups excluding carboxylic acids is 1. The fourth-order valence-electron chi connectivity index (χ4n) is 3.08. The second-order valence-corrected chi connectivity index (χ2v) is 6.97. The predicted molar refractivity (Wildman–Crippen MR) is 103 cm³/mol. The zero-order valence-electron chi connectivity index (χ0n) is 14.4. The molecule has 6 nitrogen and oxygen atoms in total. The van der Waals surface area contributed by atoms with E-state index in [1.54, 1.807) is 36.4 Å². The van der Waals surface area contributed by atoms with Gasteiger partial charge in [0.2, 0.25) is 0 Å². The van der Waals surface area contributed by atoms with Crippen molar-refractivity contribution in [2.45, 2.75) is 19.8 Å². The molecule has 136 valence electrons. The van der Waals surface area contributed by atoms with Crippen LogP contribution in [-0.4, -0.2) is 23.9 Å². The van der Waals surface area contributed by atoms with Gasteiger partial charge < -0.3 is 10.2 Å². The Morgan fingerprint density at radius 1 is 1.23 bits per heavy atom. The molecule has 1 saturated heterocycles. The molecule has 0 aliphatic carbocycles. The van der Waals surface area contributed by atoms with Crippen LogP contribution in [0.1, 0.15) is 30.1 Å². The second kappa shape index (κ2) is 7.74. The highest BCUT2D eigenvalue weighted by atomic mass is 35.5. The largest absolute Gasteiger partial charge is 0.366 e. The van der Waals surface area contributed by atoms with Crippen LogP contribution in [0.25, 0.3) is 0 Å². The second-order valence-electron chi connectivity index (χ2n) is 6.56. The smallest absolute Gasteiger partial charge is 0.293 e. The van der Waals surface area contributed by atoms with E-state index in [1.807, 2.05) is 4.90 Å². The van der Waals surface area contributed by atoms with Crippen LogP contribution in [0.4, 0.5) is 17.1 Å². The van der Waals surface area contributed by atoms with Crippen LogP contribution >= 0.6 is 11.6 Å². The fourth-order valence-corrected chi connectivity index (χ4v) is 3.27. The Bertz CT molecular complexity index is 833. The minimum Gasteiger partial charge on any atom is -0.366 e. The maximum absolute atomic E-state index is 12.5. The van der Waals surface area contributed by atoms with Gasteiger partial charge in [0.15, 0.2) is 0 Å². The van der Waals surface area contributed by atoms with Crippen LogP contribution < -0.4 is 10.2 Å². The lowest BCUT2D eigenvalue weighted by atomic mass is 9.98. The maximum atomic E-state index is 12.5. The summed E-state index contributed by atoms with van der Waals surface area (Å²) >= 11 is 6.05. The first-order chi connectivity index (χ1) is 12.5. The standard InChI is InChI=1S/C19H20ClN3O3/c1-13-8-10-22(11-9-13)17-7-6-14(12-18(17)23(25)26)19(24)21-16-5-3-2-4-15(16)20/h2-7,12-13H,8-11H2,1H3,(H,21,24). The van der Waals surface area contributed by atoms with Gasteiger partial charge >= 0.3 is 0 Å². The third-order valence-electron chi connectivity index (χ3n) is 4.68. The molecule has 0 spiro atoms. The van der Waals surface area contributed by atoms with E-state index in [0.29, 0.717) is 22.3 Å². The number of nitro groups is 1. The van der Waals surface area contributed by atoms with Gasteiger partial charge in [0.1, 0.15) is 5.69 Å². The minimum absolute atomic E-state index is 0.0497. The molecular weight excluding hydrogens is 354 g/mol. The van der Waals surface area contributed by atoms with Crippen LogP contribution in [0, 0.1) is 16.0 Å². The zero-order valence-corrected chi connectivity index (χ0v) is 15.2. The monoisotopic (exact) mass is 373 g/mol. The van der Waals surface area contributed by atoms with Gasteiger partial charge in [-0.25, -0.2) is 0 Å².